The molecule has 0 N–H and O–H groups in total. The Hall–Kier alpha value is -3.40. The zero-order chi connectivity index (χ0) is 19.7. The van der Waals surface area contributed by atoms with Crippen molar-refractivity contribution < 1.29 is 17.6 Å². The zero-order valence-corrected chi connectivity index (χ0v) is 14.6. The van der Waals surface area contributed by atoms with Crippen LogP contribution in [0.3, 0.4) is 0 Å². The lowest BCUT2D eigenvalue weighted by Gasteiger charge is -2.16. The maximum absolute atomic E-state index is 14.5. The normalized spacial score (nSPS) is 10.9. The lowest BCUT2D eigenvalue weighted by atomic mass is 9.89. The average molecular weight is 378 g/mol. The molecule has 0 radical (unpaired) electrons. The summed E-state index contributed by atoms with van der Waals surface area (Å²) in [5.41, 5.74) is 2.61. The first kappa shape index (κ1) is 18.0. The third kappa shape index (κ3) is 3.07. The van der Waals surface area contributed by atoms with Crippen LogP contribution in [0.15, 0.2) is 84.9 Å². The first-order valence-electron chi connectivity index (χ1n) is 8.65. The van der Waals surface area contributed by atoms with Crippen LogP contribution in [-0.4, -0.2) is 0 Å². The fourth-order valence-electron chi connectivity index (χ4n) is 3.34. The van der Waals surface area contributed by atoms with Crippen molar-refractivity contribution in [3.8, 4) is 33.4 Å². The van der Waals surface area contributed by atoms with Crippen LogP contribution in [0, 0.1) is 23.3 Å². The smallest absolute Gasteiger partial charge is 0.195 e. The van der Waals surface area contributed by atoms with Gasteiger partial charge in [-0.1, -0.05) is 78.9 Å². The summed E-state index contributed by atoms with van der Waals surface area (Å²) in [6.45, 7) is 0. The Morgan fingerprint density at radius 1 is 0.429 bits per heavy atom. The number of hydrogen-bond donors (Lipinski definition) is 0. The van der Waals surface area contributed by atoms with Crippen molar-refractivity contribution in [2.24, 2.45) is 0 Å². The molecule has 0 heterocycles. The van der Waals surface area contributed by atoms with Gasteiger partial charge in [-0.25, -0.2) is 17.6 Å². The molecule has 4 heteroatoms. The van der Waals surface area contributed by atoms with Crippen molar-refractivity contribution in [2.75, 3.05) is 0 Å². The van der Waals surface area contributed by atoms with E-state index in [9.17, 15) is 17.6 Å². The molecule has 0 nitrogen and oxygen atoms in total. The van der Waals surface area contributed by atoms with E-state index in [-0.39, 0.29) is 5.56 Å². The molecule has 0 amide bonds. The first-order valence-corrected chi connectivity index (χ1v) is 8.65. The minimum atomic E-state index is -1.69. The molecule has 138 valence electrons. The fourth-order valence-corrected chi connectivity index (χ4v) is 3.34. The van der Waals surface area contributed by atoms with Crippen LogP contribution in [0.5, 0.6) is 0 Å². The van der Waals surface area contributed by atoms with Crippen LogP contribution >= 0.6 is 0 Å². The van der Waals surface area contributed by atoms with Gasteiger partial charge in [-0.2, -0.15) is 0 Å². The van der Waals surface area contributed by atoms with E-state index in [4.69, 9.17) is 0 Å². The first-order chi connectivity index (χ1) is 13.6. The van der Waals surface area contributed by atoms with E-state index in [2.05, 4.69) is 0 Å². The summed E-state index contributed by atoms with van der Waals surface area (Å²) >= 11 is 0. The molecule has 4 rings (SSSR count). The highest BCUT2D eigenvalue weighted by molar-refractivity contribution is 5.91. The van der Waals surface area contributed by atoms with Crippen LogP contribution in [-0.2, 0) is 0 Å². The van der Waals surface area contributed by atoms with Crippen molar-refractivity contribution >= 4 is 0 Å². The maximum atomic E-state index is 14.5. The molecular weight excluding hydrogens is 364 g/mol. The summed E-state index contributed by atoms with van der Waals surface area (Å²) in [4.78, 5) is 0. The topological polar surface area (TPSA) is 0 Å². The predicted octanol–water partition coefficient (Wildman–Crippen LogP) is 7.24. The van der Waals surface area contributed by atoms with Gasteiger partial charge in [-0.05, 0) is 27.8 Å². The number of rotatable bonds is 3. The third-order valence-corrected chi connectivity index (χ3v) is 4.61. The lowest BCUT2D eigenvalue weighted by Crippen LogP contribution is -2.00. The van der Waals surface area contributed by atoms with Gasteiger partial charge in [0.1, 0.15) is 5.82 Å². The minimum absolute atomic E-state index is 0.153. The van der Waals surface area contributed by atoms with Gasteiger partial charge >= 0.3 is 0 Å². The Morgan fingerprint density at radius 2 is 0.929 bits per heavy atom. The Kier molecular flexibility index (Phi) is 4.70. The van der Waals surface area contributed by atoms with Crippen molar-refractivity contribution in [3.05, 3.63) is 108 Å². The van der Waals surface area contributed by atoms with Crippen LogP contribution in [0.2, 0.25) is 0 Å². The number of hydrogen-bond acceptors (Lipinski definition) is 0. The number of halogens is 4. The van der Waals surface area contributed by atoms with E-state index in [1.54, 1.807) is 18.2 Å². The molecule has 0 saturated heterocycles. The molecule has 0 unspecified atom stereocenters. The van der Waals surface area contributed by atoms with Crippen LogP contribution in [0.4, 0.5) is 17.6 Å². The molecule has 0 saturated carbocycles. The minimum Gasteiger partial charge on any atom is -0.206 e. The highest BCUT2D eigenvalue weighted by Crippen LogP contribution is 2.40. The zero-order valence-electron chi connectivity index (χ0n) is 14.6. The summed E-state index contributed by atoms with van der Waals surface area (Å²) in [6.07, 6.45) is 0. The molecule has 0 aliphatic heterocycles. The quantitative estimate of drug-likeness (QED) is 0.200. The van der Waals surface area contributed by atoms with Gasteiger partial charge in [0.15, 0.2) is 17.5 Å². The molecule has 0 aliphatic carbocycles. The summed E-state index contributed by atoms with van der Waals surface area (Å²) in [5.74, 6) is -5.94. The summed E-state index contributed by atoms with van der Waals surface area (Å²) < 4.78 is 56.1. The standard InChI is InChI=1S/C24H14F4/c25-20-14-21(26)23(27)24(28)22(20)19-13-7-6-12-18(19)17-11-5-4-10-16(17)15-8-2-1-3-9-15/h1-14H. The Balaban J connectivity index is 2.00. The molecule has 0 bridgehead atoms. The second-order valence-corrected chi connectivity index (χ2v) is 6.30. The summed E-state index contributed by atoms with van der Waals surface area (Å²) in [5, 5.41) is 0. The molecule has 4 aromatic rings. The molecule has 4 aromatic carbocycles. The van der Waals surface area contributed by atoms with Gasteiger partial charge in [-0.15, -0.1) is 0 Å². The van der Waals surface area contributed by atoms with Crippen molar-refractivity contribution in [1.82, 2.24) is 0 Å². The van der Waals surface area contributed by atoms with E-state index >= 15 is 0 Å². The van der Waals surface area contributed by atoms with Crippen molar-refractivity contribution in [1.29, 1.82) is 0 Å². The molecule has 28 heavy (non-hydrogen) atoms. The van der Waals surface area contributed by atoms with E-state index in [1.165, 1.54) is 6.07 Å². The monoisotopic (exact) mass is 378 g/mol. The fraction of sp³-hybridized carbons (Fsp3) is 0. The van der Waals surface area contributed by atoms with Crippen LogP contribution in [0.25, 0.3) is 33.4 Å². The van der Waals surface area contributed by atoms with Gasteiger partial charge < -0.3 is 0 Å². The lowest BCUT2D eigenvalue weighted by molar-refractivity contribution is 0.437. The average Bonchev–Trinajstić information content (AvgIpc) is 2.73. The van der Waals surface area contributed by atoms with Crippen LogP contribution < -0.4 is 0 Å². The van der Waals surface area contributed by atoms with Crippen molar-refractivity contribution in [3.63, 3.8) is 0 Å². The molecule has 0 spiro atoms. The molecule has 0 atom stereocenters. The Labute approximate surface area is 159 Å². The maximum Gasteiger partial charge on any atom is 0.195 e. The predicted molar refractivity (Wildman–Crippen MR) is 103 cm³/mol. The largest absolute Gasteiger partial charge is 0.206 e. The molecule has 0 aromatic heterocycles. The van der Waals surface area contributed by atoms with Gasteiger partial charge in [0.05, 0.1) is 5.56 Å². The van der Waals surface area contributed by atoms with Crippen molar-refractivity contribution in [2.45, 2.75) is 0 Å². The van der Waals surface area contributed by atoms with Gasteiger partial charge in [-0.3, -0.25) is 0 Å². The highest BCUT2D eigenvalue weighted by atomic mass is 19.2. The SMILES string of the molecule is Fc1cc(F)c(-c2ccccc2-c2ccccc2-c2ccccc2)c(F)c1F. The van der Waals surface area contributed by atoms with Gasteiger partial charge in [0.2, 0.25) is 0 Å². The van der Waals surface area contributed by atoms with E-state index < -0.39 is 28.8 Å². The van der Waals surface area contributed by atoms with Crippen LogP contribution in [0.1, 0.15) is 0 Å². The van der Waals surface area contributed by atoms with E-state index in [0.29, 0.717) is 11.6 Å². The molecule has 0 fully saturated rings. The van der Waals surface area contributed by atoms with E-state index in [1.807, 2.05) is 54.6 Å². The highest BCUT2D eigenvalue weighted by Gasteiger charge is 2.23. The molecule has 0 aliphatic rings. The second-order valence-electron chi connectivity index (χ2n) is 6.30. The summed E-state index contributed by atoms with van der Waals surface area (Å²) in [7, 11) is 0. The Bertz CT molecular complexity index is 1150. The second kappa shape index (κ2) is 7.31. The third-order valence-electron chi connectivity index (χ3n) is 4.61. The molecular formula is C24H14F4. The Morgan fingerprint density at radius 3 is 1.57 bits per heavy atom. The van der Waals surface area contributed by atoms with E-state index in [0.717, 1.165) is 16.7 Å². The van der Waals surface area contributed by atoms with Gasteiger partial charge in [0.25, 0.3) is 0 Å². The number of benzene rings is 4. The summed E-state index contributed by atoms with van der Waals surface area (Å²) in [6, 6.07) is 23.9. The van der Waals surface area contributed by atoms with Gasteiger partial charge in [0, 0.05) is 6.07 Å².